The van der Waals surface area contributed by atoms with Crippen LogP contribution >= 0.6 is 0 Å². The van der Waals surface area contributed by atoms with Gasteiger partial charge in [-0.1, -0.05) is 45.0 Å². The Morgan fingerprint density at radius 1 is 1.12 bits per heavy atom. The monoisotopic (exact) mass is 444 g/mol. The lowest BCUT2D eigenvalue weighted by molar-refractivity contribution is -0.123. The van der Waals surface area contributed by atoms with E-state index in [1.165, 1.54) is 0 Å². The zero-order chi connectivity index (χ0) is 24.0. The van der Waals surface area contributed by atoms with Gasteiger partial charge >= 0.3 is 0 Å². The van der Waals surface area contributed by atoms with Crippen molar-refractivity contribution < 1.29 is 9.59 Å². The molecule has 4 N–H and O–H groups in total. The second-order valence-electron chi connectivity index (χ2n) is 8.71. The average Bonchev–Trinajstić information content (AvgIpc) is 3.11. The summed E-state index contributed by atoms with van der Waals surface area (Å²) in [7, 11) is 0. The molecule has 8 nitrogen and oxygen atoms in total. The molecule has 1 heterocycles. The van der Waals surface area contributed by atoms with Gasteiger partial charge in [0.15, 0.2) is 0 Å². The molecule has 0 aliphatic heterocycles. The zero-order valence-electron chi connectivity index (χ0n) is 19.1. The van der Waals surface area contributed by atoms with Gasteiger partial charge in [-0.25, -0.2) is 4.68 Å². The van der Waals surface area contributed by atoms with Crippen LogP contribution in [0.1, 0.15) is 48.8 Å². The number of benzene rings is 2. The Bertz CT molecular complexity index is 1190. The van der Waals surface area contributed by atoms with E-state index >= 15 is 0 Å². The molecule has 0 saturated heterocycles. The second-order valence-corrected chi connectivity index (χ2v) is 8.71. The summed E-state index contributed by atoms with van der Waals surface area (Å²) in [6.07, 6.45) is 1.08. The van der Waals surface area contributed by atoms with Gasteiger partial charge in [0, 0.05) is 23.2 Å². The van der Waals surface area contributed by atoms with E-state index in [4.69, 9.17) is 5.73 Å². The van der Waals surface area contributed by atoms with Gasteiger partial charge in [0.25, 0.3) is 5.91 Å². The molecule has 3 aromatic rings. The summed E-state index contributed by atoms with van der Waals surface area (Å²) in [4.78, 5) is 24.7. The van der Waals surface area contributed by atoms with Crippen molar-refractivity contribution in [3.8, 4) is 11.8 Å². The first kappa shape index (κ1) is 23.5. The summed E-state index contributed by atoms with van der Waals surface area (Å²) < 4.78 is 1.56. The van der Waals surface area contributed by atoms with E-state index in [-0.39, 0.29) is 11.8 Å². The molecule has 3 rings (SSSR count). The van der Waals surface area contributed by atoms with Crippen molar-refractivity contribution in [2.45, 2.75) is 33.6 Å². The Morgan fingerprint density at radius 3 is 2.52 bits per heavy atom. The summed E-state index contributed by atoms with van der Waals surface area (Å²) in [5, 5.41) is 19.7. The number of nitrogen functional groups attached to an aromatic ring is 1. The topological polar surface area (TPSA) is 126 Å². The van der Waals surface area contributed by atoms with E-state index in [9.17, 15) is 14.9 Å². The van der Waals surface area contributed by atoms with E-state index in [2.05, 4.69) is 21.8 Å². The fourth-order valence-electron chi connectivity index (χ4n) is 3.16. The molecule has 0 spiro atoms. The number of carbonyl (C=O) groups is 2. The molecule has 0 unspecified atom stereocenters. The third-order valence-corrected chi connectivity index (χ3v) is 5.05. The van der Waals surface area contributed by atoms with Gasteiger partial charge in [-0.3, -0.25) is 9.59 Å². The number of anilines is 2. The van der Waals surface area contributed by atoms with Crippen molar-refractivity contribution in [3.05, 3.63) is 71.4 Å². The average molecular weight is 445 g/mol. The van der Waals surface area contributed by atoms with Gasteiger partial charge in [0.1, 0.15) is 17.5 Å². The van der Waals surface area contributed by atoms with Crippen LogP contribution in [0.2, 0.25) is 0 Å². The molecule has 2 amide bonds. The number of nitriles is 1. The Labute approximate surface area is 193 Å². The van der Waals surface area contributed by atoms with E-state index in [0.717, 1.165) is 5.69 Å². The van der Waals surface area contributed by atoms with E-state index in [1.54, 1.807) is 28.9 Å². The number of hydrogen-bond donors (Lipinski definition) is 3. The lowest BCUT2D eigenvalue weighted by atomic mass is 9.95. The first-order chi connectivity index (χ1) is 15.7. The van der Waals surface area contributed by atoms with E-state index < -0.39 is 5.41 Å². The Morgan fingerprint density at radius 2 is 1.85 bits per heavy atom. The lowest BCUT2D eigenvalue weighted by Gasteiger charge is -2.18. The smallest absolute Gasteiger partial charge is 0.251 e. The summed E-state index contributed by atoms with van der Waals surface area (Å²) in [6, 6.07) is 18.3. The van der Waals surface area contributed by atoms with Gasteiger partial charge in [0.05, 0.1) is 11.4 Å². The van der Waals surface area contributed by atoms with Gasteiger partial charge < -0.3 is 16.4 Å². The minimum Gasteiger partial charge on any atom is -0.382 e. The summed E-state index contributed by atoms with van der Waals surface area (Å²) >= 11 is 0. The number of amides is 2. The maximum Gasteiger partial charge on any atom is 0.251 e. The largest absolute Gasteiger partial charge is 0.382 e. The van der Waals surface area contributed by atoms with Gasteiger partial charge in [-0.15, -0.1) is 0 Å². The number of carbonyl (C=O) groups excluding carboxylic acids is 2. The number of aryl methyl sites for hydroxylation is 1. The highest BCUT2D eigenvalue weighted by atomic mass is 16.2. The quantitative estimate of drug-likeness (QED) is 0.479. The SMILES string of the molecule is CC(C)(C)C(=O)Nc1cccc(C(=O)NCCCc2nn(-c3ccccc3)c(N)c2C#N)c1. The van der Waals surface area contributed by atoms with Crippen molar-refractivity contribution in [3.63, 3.8) is 0 Å². The van der Waals surface area contributed by atoms with Crippen LogP contribution in [0.4, 0.5) is 11.5 Å². The van der Waals surface area contributed by atoms with Crippen molar-refractivity contribution in [1.82, 2.24) is 15.1 Å². The number of hydrogen-bond acceptors (Lipinski definition) is 5. The van der Waals surface area contributed by atoms with Crippen molar-refractivity contribution in [2.24, 2.45) is 5.41 Å². The molecule has 0 atom stereocenters. The van der Waals surface area contributed by atoms with Gasteiger partial charge in [-0.05, 0) is 43.2 Å². The Balaban J connectivity index is 1.59. The number of para-hydroxylation sites is 1. The molecule has 0 aliphatic carbocycles. The molecule has 0 bridgehead atoms. The number of nitrogens with one attached hydrogen (secondary N) is 2. The molecule has 1 aromatic heterocycles. The van der Waals surface area contributed by atoms with Gasteiger partial charge in [-0.2, -0.15) is 10.4 Å². The third-order valence-electron chi connectivity index (χ3n) is 5.05. The zero-order valence-corrected chi connectivity index (χ0v) is 19.1. The molecule has 0 fully saturated rings. The molecule has 33 heavy (non-hydrogen) atoms. The Kier molecular flexibility index (Phi) is 7.13. The van der Waals surface area contributed by atoms with Crippen LogP contribution in [-0.4, -0.2) is 28.1 Å². The lowest BCUT2D eigenvalue weighted by Crippen LogP contribution is -2.28. The summed E-state index contributed by atoms with van der Waals surface area (Å²) in [5.74, 6) is -0.0592. The molecule has 0 aliphatic rings. The maximum atomic E-state index is 12.5. The van der Waals surface area contributed by atoms with Crippen LogP contribution in [0.15, 0.2) is 54.6 Å². The normalized spacial score (nSPS) is 11.0. The first-order valence-electron chi connectivity index (χ1n) is 10.7. The predicted octanol–water partition coefficient (Wildman–Crippen LogP) is 3.67. The van der Waals surface area contributed by atoms with Crippen LogP contribution < -0.4 is 16.4 Å². The first-order valence-corrected chi connectivity index (χ1v) is 10.7. The minimum absolute atomic E-state index is 0.123. The molecule has 0 saturated carbocycles. The molecular weight excluding hydrogens is 416 g/mol. The third kappa shape index (κ3) is 5.77. The number of aromatic nitrogens is 2. The van der Waals surface area contributed by atoms with Crippen molar-refractivity contribution in [1.29, 1.82) is 5.26 Å². The number of nitrogens with zero attached hydrogens (tertiary/aromatic N) is 3. The van der Waals surface area contributed by atoms with Crippen molar-refractivity contribution in [2.75, 3.05) is 17.6 Å². The fraction of sp³-hybridized carbons (Fsp3) is 0.280. The van der Waals surface area contributed by atoms with Crippen LogP contribution in [0.5, 0.6) is 0 Å². The molecular formula is C25H28N6O2. The minimum atomic E-state index is -0.530. The Hall–Kier alpha value is -4.12. The van der Waals surface area contributed by atoms with Crippen LogP contribution in [0.3, 0.4) is 0 Å². The summed E-state index contributed by atoms with van der Waals surface area (Å²) in [6.45, 7) is 5.88. The highest BCUT2D eigenvalue weighted by Crippen LogP contribution is 2.21. The highest BCUT2D eigenvalue weighted by Gasteiger charge is 2.21. The predicted molar refractivity (Wildman–Crippen MR) is 128 cm³/mol. The van der Waals surface area contributed by atoms with Crippen LogP contribution in [-0.2, 0) is 11.2 Å². The van der Waals surface area contributed by atoms with Crippen molar-refractivity contribution >= 4 is 23.3 Å². The van der Waals surface area contributed by atoms with E-state index in [1.807, 2.05) is 51.1 Å². The van der Waals surface area contributed by atoms with Crippen LogP contribution in [0, 0.1) is 16.7 Å². The number of nitrogens with two attached hydrogens (primary N) is 1. The molecule has 2 aromatic carbocycles. The summed E-state index contributed by atoms with van der Waals surface area (Å²) in [5.41, 5.74) is 8.36. The second kappa shape index (κ2) is 10.0. The number of rotatable bonds is 7. The maximum absolute atomic E-state index is 12.5. The molecule has 8 heteroatoms. The van der Waals surface area contributed by atoms with E-state index in [0.29, 0.717) is 47.7 Å². The standard InChI is InChI=1S/C25H28N6O2/c1-25(2,3)24(33)29-18-10-7-9-17(15-18)23(32)28-14-8-13-21-20(16-26)22(27)31(30-21)19-11-5-4-6-12-19/h4-7,9-12,15H,8,13-14,27H2,1-3H3,(H,28,32)(H,29,33). The molecule has 170 valence electrons. The van der Waals surface area contributed by atoms with Crippen LogP contribution in [0.25, 0.3) is 5.69 Å². The van der Waals surface area contributed by atoms with Gasteiger partial charge in [0.2, 0.25) is 5.91 Å². The fourth-order valence-corrected chi connectivity index (χ4v) is 3.16. The molecule has 0 radical (unpaired) electrons. The highest BCUT2D eigenvalue weighted by molar-refractivity contribution is 5.98.